The summed E-state index contributed by atoms with van der Waals surface area (Å²) in [5, 5.41) is 18.0. The third-order valence-corrected chi connectivity index (χ3v) is 5.32. The fourth-order valence-electron chi connectivity index (χ4n) is 3.69. The van der Waals surface area contributed by atoms with E-state index in [1.165, 1.54) is 0 Å². The first kappa shape index (κ1) is 15.5. The Hall–Kier alpha value is -1.40. The number of nitrogens with one attached hydrogen (secondary N) is 1. The lowest BCUT2D eigenvalue weighted by Gasteiger charge is -2.49. The number of aromatic nitrogens is 2. The molecule has 1 aromatic rings. The number of hydrogen-bond acceptors (Lipinski definition) is 4. The molecule has 2 aliphatic rings. The van der Waals surface area contributed by atoms with Crippen molar-refractivity contribution in [3.63, 3.8) is 0 Å². The number of H-pyrrole nitrogens is 1. The first-order valence-electron chi connectivity index (χ1n) is 7.95. The van der Waals surface area contributed by atoms with E-state index < -0.39 is 11.0 Å². The van der Waals surface area contributed by atoms with Crippen molar-refractivity contribution in [2.45, 2.75) is 45.1 Å². The van der Waals surface area contributed by atoms with Crippen LogP contribution >= 0.6 is 0 Å². The molecule has 6 nitrogen and oxygen atoms in total. The molecule has 1 atom stereocenters. The summed E-state index contributed by atoms with van der Waals surface area (Å²) in [7, 11) is 1.60. The van der Waals surface area contributed by atoms with Gasteiger partial charge in [0.05, 0.1) is 12.2 Å². The number of aromatic amines is 1. The number of aliphatic hydroxyl groups is 1. The summed E-state index contributed by atoms with van der Waals surface area (Å²) in [6.07, 6.45) is 3.52. The van der Waals surface area contributed by atoms with Crippen molar-refractivity contribution in [1.29, 1.82) is 0 Å². The van der Waals surface area contributed by atoms with E-state index in [2.05, 4.69) is 10.2 Å². The third-order valence-electron chi connectivity index (χ3n) is 5.32. The van der Waals surface area contributed by atoms with Crippen LogP contribution in [0.1, 0.15) is 48.4 Å². The molecule has 0 aromatic carbocycles. The number of fused-ring (bicyclic) bond motifs is 1. The summed E-state index contributed by atoms with van der Waals surface area (Å²) in [5.41, 5.74) is 1.44. The largest absolute Gasteiger partial charge is 0.387 e. The molecule has 2 N–H and O–H groups in total. The lowest BCUT2D eigenvalue weighted by molar-refractivity contribution is -0.144. The number of aryl methyl sites for hydroxylation is 1. The maximum atomic E-state index is 12.8. The van der Waals surface area contributed by atoms with Crippen molar-refractivity contribution in [2.24, 2.45) is 5.41 Å². The number of rotatable bonds is 3. The summed E-state index contributed by atoms with van der Waals surface area (Å²) in [4.78, 5) is 14.6. The van der Waals surface area contributed by atoms with E-state index >= 15 is 0 Å². The number of carbonyl (C=O) groups is 1. The molecule has 0 bridgehead atoms. The predicted molar refractivity (Wildman–Crippen MR) is 81.7 cm³/mol. The molecule has 0 saturated carbocycles. The normalized spacial score (nSPS) is 27.0. The van der Waals surface area contributed by atoms with Gasteiger partial charge in [-0.25, -0.2) is 0 Å². The van der Waals surface area contributed by atoms with Crippen molar-refractivity contribution < 1.29 is 14.6 Å². The number of carbonyl (C=O) groups excluding carboxylic acids is 1. The second-order valence-corrected chi connectivity index (χ2v) is 7.21. The fourth-order valence-corrected chi connectivity index (χ4v) is 3.69. The Balaban J connectivity index is 1.78. The van der Waals surface area contributed by atoms with Crippen LogP contribution in [0.25, 0.3) is 0 Å². The Morgan fingerprint density at radius 1 is 1.45 bits per heavy atom. The molecule has 0 spiro atoms. The number of ether oxygens (including phenoxy) is 1. The van der Waals surface area contributed by atoms with Crippen LogP contribution in [0.5, 0.6) is 0 Å². The van der Waals surface area contributed by atoms with Crippen molar-refractivity contribution in [1.82, 2.24) is 15.1 Å². The van der Waals surface area contributed by atoms with E-state index in [4.69, 9.17) is 4.74 Å². The molecule has 1 fully saturated rings. The highest BCUT2D eigenvalue weighted by Gasteiger charge is 2.49. The molecule has 0 radical (unpaired) electrons. The first-order valence-corrected chi connectivity index (χ1v) is 7.95. The number of nitrogens with zero attached hydrogens (tertiary/aromatic N) is 2. The summed E-state index contributed by atoms with van der Waals surface area (Å²) >= 11 is 0. The van der Waals surface area contributed by atoms with Crippen LogP contribution in [0.3, 0.4) is 0 Å². The Labute approximate surface area is 130 Å². The SMILES string of the molecule is COC[C@]1(O)CCN(C(=O)c2n[nH]c3c2CCC3)CC1(C)C. The lowest BCUT2D eigenvalue weighted by Crippen LogP contribution is -2.60. The van der Waals surface area contributed by atoms with Crippen LogP contribution in [0.15, 0.2) is 0 Å². The maximum absolute atomic E-state index is 12.8. The number of piperidine rings is 1. The van der Waals surface area contributed by atoms with Crippen molar-refractivity contribution in [3.8, 4) is 0 Å². The van der Waals surface area contributed by atoms with Gasteiger partial charge in [-0.1, -0.05) is 13.8 Å². The second-order valence-electron chi connectivity index (χ2n) is 7.21. The molecule has 6 heteroatoms. The van der Waals surface area contributed by atoms with Gasteiger partial charge in [0.1, 0.15) is 0 Å². The van der Waals surface area contributed by atoms with Gasteiger partial charge < -0.3 is 14.7 Å². The Morgan fingerprint density at radius 2 is 2.23 bits per heavy atom. The Kier molecular flexibility index (Phi) is 3.77. The van der Waals surface area contributed by atoms with E-state index in [1.54, 1.807) is 7.11 Å². The second kappa shape index (κ2) is 5.35. The number of methoxy groups -OCH3 is 1. The summed E-state index contributed by atoms with van der Waals surface area (Å²) in [6.45, 7) is 5.30. The highest BCUT2D eigenvalue weighted by Crippen LogP contribution is 2.39. The molecule has 0 unspecified atom stereocenters. The molecule has 3 rings (SSSR count). The summed E-state index contributed by atoms with van der Waals surface area (Å²) < 4.78 is 5.18. The molecule has 1 aromatic heterocycles. The molecular weight excluding hydrogens is 282 g/mol. The Morgan fingerprint density at radius 3 is 2.91 bits per heavy atom. The molecule has 2 heterocycles. The average molecular weight is 307 g/mol. The molecule has 22 heavy (non-hydrogen) atoms. The van der Waals surface area contributed by atoms with Gasteiger partial charge in [0.25, 0.3) is 5.91 Å². The summed E-state index contributed by atoms with van der Waals surface area (Å²) in [5.74, 6) is -0.0214. The minimum atomic E-state index is -0.897. The van der Waals surface area contributed by atoms with Gasteiger partial charge in [-0.2, -0.15) is 5.10 Å². The average Bonchev–Trinajstić information content (AvgIpc) is 3.04. The van der Waals surface area contributed by atoms with E-state index in [-0.39, 0.29) is 5.91 Å². The van der Waals surface area contributed by atoms with Crippen LogP contribution < -0.4 is 0 Å². The molecule has 1 aliphatic carbocycles. The van der Waals surface area contributed by atoms with E-state index in [0.717, 1.165) is 30.5 Å². The number of amides is 1. The third kappa shape index (κ3) is 2.34. The molecule has 122 valence electrons. The maximum Gasteiger partial charge on any atom is 0.274 e. The van der Waals surface area contributed by atoms with Gasteiger partial charge >= 0.3 is 0 Å². The minimum absolute atomic E-state index is 0.0214. The van der Waals surface area contributed by atoms with Crippen LogP contribution in [-0.4, -0.2) is 58.5 Å². The first-order chi connectivity index (χ1) is 10.4. The zero-order valence-electron chi connectivity index (χ0n) is 13.6. The molecule has 1 amide bonds. The van der Waals surface area contributed by atoms with Gasteiger partial charge in [-0.15, -0.1) is 0 Å². The van der Waals surface area contributed by atoms with Crippen molar-refractivity contribution >= 4 is 5.91 Å². The minimum Gasteiger partial charge on any atom is -0.387 e. The predicted octanol–water partition coefficient (Wildman–Crippen LogP) is 1.15. The standard InChI is InChI=1S/C16H25N3O3/c1-15(2)9-19(8-7-16(15,21)10-22-3)14(20)13-11-5-4-6-12(11)17-18-13/h21H,4-10H2,1-3H3,(H,17,18)/t16-/m1/s1. The molecule has 1 aliphatic heterocycles. The van der Waals surface area contributed by atoms with Crippen molar-refractivity contribution in [2.75, 3.05) is 26.8 Å². The smallest absolute Gasteiger partial charge is 0.274 e. The van der Waals surface area contributed by atoms with Gasteiger partial charge in [-0.3, -0.25) is 9.89 Å². The van der Waals surface area contributed by atoms with E-state index in [1.807, 2.05) is 18.7 Å². The summed E-state index contributed by atoms with van der Waals surface area (Å²) in [6, 6.07) is 0. The van der Waals surface area contributed by atoms with E-state index in [9.17, 15) is 9.90 Å². The number of likely N-dealkylation sites (tertiary alicyclic amines) is 1. The number of hydrogen-bond donors (Lipinski definition) is 2. The van der Waals surface area contributed by atoms with Crippen LogP contribution in [0.4, 0.5) is 0 Å². The van der Waals surface area contributed by atoms with Crippen LogP contribution in [-0.2, 0) is 17.6 Å². The van der Waals surface area contributed by atoms with Gasteiger partial charge in [0.2, 0.25) is 0 Å². The molecule has 1 saturated heterocycles. The fraction of sp³-hybridized carbons (Fsp3) is 0.750. The van der Waals surface area contributed by atoms with Gasteiger partial charge in [-0.05, 0) is 25.7 Å². The Bertz CT molecular complexity index is 581. The zero-order valence-corrected chi connectivity index (χ0v) is 13.6. The van der Waals surface area contributed by atoms with Crippen molar-refractivity contribution in [3.05, 3.63) is 17.0 Å². The monoisotopic (exact) mass is 307 g/mol. The highest BCUT2D eigenvalue weighted by molar-refractivity contribution is 5.94. The van der Waals surface area contributed by atoms with E-state index in [0.29, 0.717) is 31.8 Å². The van der Waals surface area contributed by atoms with Gasteiger partial charge in [0.15, 0.2) is 5.69 Å². The zero-order chi connectivity index (χ0) is 16.0. The lowest BCUT2D eigenvalue weighted by atomic mass is 9.70. The van der Waals surface area contributed by atoms with Crippen LogP contribution in [0.2, 0.25) is 0 Å². The highest BCUT2D eigenvalue weighted by atomic mass is 16.5. The van der Waals surface area contributed by atoms with Crippen LogP contribution in [0, 0.1) is 5.41 Å². The molecular formula is C16H25N3O3. The van der Waals surface area contributed by atoms with Gasteiger partial charge in [0, 0.05) is 36.9 Å². The quantitative estimate of drug-likeness (QED) is 0.878. The topological polar surface area (TPSA) is 78.5 Å².